The third-order valence-electron chi connectivity index (χ3n) is 6.59. The summed E-state index contributed by atoms with van der Waals surface area (Å²) in [4.78, 5) is 12.1. The van der Waals surface area contributed by atoms with E-state index in [4.69, 9.17) is 9.47 Å². The molecule has 2 unspecified atom stereocenters. The monoisotopic (exact) mass is 487 g/mol. The average molecular weight is 488 g/mol. The molecule has 0 aliphatic carbocycles. The summed E-state index contributed by atoms with van der Waals surface area (Å²) in [7, 11) is 0. The fraction of sp³-hybridized carbons (Fsp3) is 0.276. The first-order valence-electron chi connectivity index (χ1n) is 12.0. The van der Waals surface area contributed by atoms with Crippen LogP contribution < -0.4 is 10.1 Å². The lowest BCUT2D eigenvalue weighted by atomic mass is 9.87. The zero-order valence-electron chi connectivity index (χ0n) is 19.5. The molecule has 180 valence electrons. The number of carbonyl (C=O) groups is 1. The van der Waals surface area contributed by atoms with Crippen LogP contribution in [-0.2, 0) is 17.8 Å². The van der Waals surface area contributed by atoms with E-state index in [1.54, 1.807) is 6.07 Å². The highest BCUT2D eigenvalue weighted by Crippen LogP contribution is 2.30. The van der Waals surface area contributed by atoms with Gasteiger partial charge in [-0.2, -0.15) is 0 Å². The van der Waals surface area contributed by atoms with Crippen molar-refractivity contribution < 1.29 is 19.4 Å². The SMILES string of the molecule is O=C(O)c1ccsc1CCOc1ccc(C2CCNCC2OCc2ccc3ccccc3c2)cc1. The van der Waals surface area contributed by atoms with E-state index in [0.29, 0.717) is 31.1 Å². The van der Waals surface area contributed by atoms with Gasteiger partial charge in [-0.15, -0.1) is 11.3 Å². The molecule has 0 radical (unpaired) electrons. The number of hydrogen-bond acceptors (Lipinski definition) is 5. The van der Waals surface area contributed by atoms with Crippen LogP contribution in [0.2, 0.25) is 0 Å². The molecule has 3 aromatic carbocycles. The van der Waals surface area contributed by atoms with Gasteiger partial charge in [-0.3, -0.25) is 0 Å². The van der Waals surface area contributed by atoms with Crippen LogP contribution >= 0.6 is 11.3 Å². The minimum absolute atomic E-state index is 0.107. The van der Waals surface area contributed by atoms with Crippen LogP contribution in [0.5, 0.6) is 5.75 Å². The summed E-state index contributed by atoms with van der Waals surface area (Å²) >= 11 is 1.46. The Morgan fingerprint density at radius 2 is 1.86 bits per heavy atom. The molecule has 1 aliphatic rings. The maximum Gasteiger partial charge on any atom is 0.336 e. The number of rotatable bonds is 9. The molecule has 2 atom stereocenters. The lowest BCUT2D eigenvalue weighted by Crippen LogP contribution is -2.40. The second kappa shape index (κ2) is 11.0. The lowest BCUT2D eigenvalue weighted by molar-refractivity contribution is 0.0106. The van der Waals surface area contributed by atoms with Gasteiger partial charge in [0, 0.05) is 23.8 Å². The zero-order chi connectivity index (χ0) is 24.0. The van der Waals surface area contributed by atoms with E-state index in [2.05, 4.69) is 59.9 Å². The summed E-state index contributed by atoms with van der Waals surface area (Å²) in [6.07, 6.45) is 1.72. The summed E-state index contributed by atoms with van der Waals surface area (Å²) in [5.41, 5.74) is 2.82. The van der Waals surface area contributed by atoms with Crippen molar-refractivity contribution in [2.75, 3.05) is 19.7 Å². The van der Waals surface area contributed by atoms with E-state index >= 15 is 0 Å². The maximum atomic E-state index is 11.3. The van der Waals surface area contributed by atoms with Crippen LogP contribution in [0.15, 0.2) is 78.2 Å². The molecule has 1 saturated heterocycles. The average Bonchev–Trinajstić information content (AvgIpc) is 3.37. The normalized spacial score (nSPS) is 17.9. The molecule has 35 heavy (non-hydrogen) atoms. The Bertz CT molecular complexity index is 1280. The predicted molar refractivity (Wildman–Crippen MR) is 140 cm³/mol. The lowest BCUT2D eigenvalue weighted by Gasteiger charge is -2.32. The van der Waals surface area contributed by atoms with E-state index in [9.17, 15) is 9.90 Å². The van der Waals surface area contributed by atoms with Crippen LogP contribution in [0.3, 0.4) is 0 Å². The van der Waals surface area contributed by atoms with Gasteiger partial charge < -0.3 is 19.9 Å². The first-order chi connectivity index (χ1) is 17.2. The van der Waals surface area contributed by atoms with Gasteiger partial charge in [0.25, 0.3) is 0 Å². The van der Waals surface area contributed by atoms with Crippen LogP contribution in [0.1, 0.15) is 38.7 Å². The number of fused-ring (bicyclic) bond motifs is 1. The first kappa shape index (κ1) is 23.5. The van der Waals surface area contributed by atoms with Crippen molar-refractivity contribution in [3.05, 3.63) is 99.7 Å². The van der Waals surface area contributed by atoms with E-state index < -0.39 is 5.97 Å². The number of ether oxygens (including phenoxy) is 2. The highest BCUT2D eigenvalue weighted by atomic mass is 32.1. The van der Waals surface area contributed by atoms with Crippen LogP contribution in [0, 0.1) is 0 Å². The van der Waals surface area contributed by atoms with Gasteiger partial charge in [-0.05, 0) is 64.5 Å². The fourth-order valence-corrected chi connectivity index (χ4v) is 5.57. The number of aromatic carboxylic acids is 1. The molecule has 0 saturated carbocycles. The van der Waals surface area contributed by atoms with E-state index in [0.717, 1.165) is 30.1 Å². The van der Waals surface area contributed by atoms with Gasteiger partial charge in [-0.1, -0.05) is 48.5 Å². The van der Waals surface area contributed by atoms with Gasteiger partial charge in [0.1, 0.15) is 5.75 Å². The minimum atomic E-state index is -0.884. The minimum Gasteiger partial charge on any atom is -0.493 e. The highest BCUT2D eigenvalue weighted by Gasteiger charge is 2.27. The van der Waals surface area contributed by atoms with E-state index in [1.807, 2.05) is 17.5 Å². The Hall–Kier alpha value is -3.19. The standard InChI is InChI=1S/C29H29NO4S/c31-29(32)26-13-16-35-28(26)12-15-33-24-9-7-22(8-10-24)25-11-14-30-18-27(25)34-19-20-5-6-21-3-1-2-4-23(21)17-20/h1-10,13,16-17,25,27,30H,11-12,14-15,18-19H2,(H,31,32). The Kier molecular flexibility index (Phi) is 7.42. The third-order valence-corrected chi connectivity index (χ3v) is 7.57. The molecule has 2 heterocycles. The molecule has 5 nitrogen and oxygen atoms in total. The van der Waals surface area contributed by atoms with Gasteiger partial charge in [0.2, 0.25) is 0 Å². The Morgan fingerprint density at radius 1 is 1.03 bits per heavy atom. The molecule has 5 rings (SSSR count). The van der Waals surface area contributed by atoms with Crippen LogP contribution in [0.25, 0.3) is 10.8 Å². The highest BCUT2D eigenvalue weighted by molar-refractivity contribution is 7.10. The molecule has 4 aromatic rings. The predicted octanol–water partition coefficient (Wildman–Crippen LogP) is 5.88. The van der Waals surface area contributed by atoms with E-state index in [1.165, 1.54) is 33.2 Å². The maximum absolute atomic E-state index is 11.3. The molecule has 0 spiro atoms. The number of benzene rings is 3. The number of hydrogen-bond donors (Lipinski definition) is 2. The number of thiophene rings is 1. The van der Waals surface area contributed by atoms with Crippen molar-refractivity contribution in [1.82, 2.24) is 5.32 Å². The Balaban J connectivity index is 1.18. The van der Waals surface area contributed by atoms with Gasteiger partial charge in [0.15, 0.2) is 0 Å². The molecule has 0 bridgehead atoms. The Morgan fingerprint density at radius 3 is 2.69 bits per heavy atom. The van der Waals surface area contributed by atoms with Gasteiger partial charge in [0.05, 0.1) is 24.9 Å². The zero-order valence-corrected chi connectivity index (χ0v) is 20.3. The number of carboxylic acids is 1. The van der Waals surface area contributed by atoms with Gasteiger partial charge >= 0.3 is 5.97 Å². The molecule has 1 aliphatic heterocycles. The first-order valence-corrected chi connectivity index (χ1v) is 12.9. The molecular formula is C29H29NO4S. The van der Waals surface area contributed by atoms with Crippen LogP contribution in [-0.4, -0.2) is 36.9 Å². The summed E-state index contributed by atoms with van der Waals surface area (Å²) in [5, 5.41) is 17.0. The summed E-state index contributed by atoms with van der Waals surface area (Å²) in [6, 6.07) is 24.8. The number of nitrogens with one attached hydrogen (secondary N) is 1. The molecule has 1 fully saturated rings. The number of carboxylic acid groups (broad SMARTS) is 1. The quantitative estimate of drug-likeness (QED) is 0.308. The number of piperidine rings is 1. The molecular weight excluding hydrogens is 458 g/mol. The summed E-state index contributed by atoms with van der Waals surface area (Å²) in [6.45, 7) is 2.86. The Labute approximate surface area is 209 Å². The van der Waals surface area contributed by atoms with Crippen molar-refractivity contribution in [2.45, 2.75) is 31.5 Å². The van der Waals surface area contributed by atoms with Crippen molar-refractivity contribution in [3.8, 4) is 5.75 Å². The summed E-state index contributed by atoms with van der Waals surface area (Å²) < 4.78 is 12.3. The largest absolute Gasteiger partial charge is 0.493 e. The molecule has 1 aromatic heterocycles. The molecule has 2 N–H and O–H groups in total. The fourth-order valence-electron chi connectivity index (χ4n) is 4.72. The van der Waals surface area contributed by atoms with E-state index in [-0.39, 0.29) is 6.10 Å². The summed E-state index contributed by atoms with van der Waals surface area (Å²) in [5.74, 6) is 0.240. The van der Waals surface area contributed by atoms with Crippen LogP contribution in [0.4, 0.5) is 0 Å². The molecule has 6 heteroatoms. The van der Waals surface area contributed by atoms with Crippen molar-refractivity contribution in [3.63, 3.8) is 0 Å². The van der Waals surface area contributed by atoms with Crippen molar-refractivity contribution in [2.24, 2.45) is 0 Å². The van der Waals surface area contributed by atoms with Crippen molar-refractivity contribution in [1.29, 1.82) is 0 Å². The molecule has 0 amide bonds. The second-order valence-corrected chi connectivity index (χ2v) is 9.86. The van der Waals surface area contributed by atoms with Crippen molar-refractivity contribution >= 4 is 28.1 Å². The third kappa shape index (κ3) is 5.73. The topological polar surface area (TPSA) is 67.8 Å². The second-order valence-electron chi connectivity index (χ2n) is 8.86. The van der Waals surface area contributed by atoms with Gasteiger partial charge in [-0.25, -0.2) is 4.79 Å². The smallest absolute Gasteiger partial charge is 0.336 e.